The highest BCUT2D eigenvalue weighted by Gasteiger charge is 1.98. The molecule has 1 aromatic heterocycles. The summed E-state index contributed by atoms with van der Waals surface area (Å²) in [5.41, 5.74) is 2.41. The Kier molecular flexibility index (Phi) is 3.29. The summed E-state index contributed by atoms with van der Waals surface area (Å²) in [6.45, 7) is 4.54. The quantitative estimate of drug-likeness (QED) is 0.863. The van der Waals surface area contributed by atoms with Gasteiger partial charge in [-0.25, -0.2) is 4.68 Å². The normalized spacial score (nSPS) is 10.4. The van der Waals surface area contributed by atoms with Gasteiger partial charge in [0.2, 0.25) is 0 Å². The zero-order valence-electron chi connectivity index (χ0n) is 9.27. The number of aryl methyl sites for hydroxylation is 2. The molecule has 2 aromatic rings. The molecule has 0 unspecified atom stereocenters. The van der Waals surface area contributed by atoms with Gasteiger partial charge in [0.1, 0.15) is 5.75 Å². The first-order valence-corrected chi connectivity index (χ1v) is 5.82. The zero-order valence-corrected chi connectivity index (χ0v) is 10.9. The van der Waals surface area contributed by atoms with E-state index < -0.39 is 0 Å². The van der Waals surface area contributed by atoms with Gasteiger partial charge in [-0.3, -0.25) is 0 Å². The molecule has 3 nitrogen and oxygen atoms in total. The molecule has 0 aliphatic heterocycles. The monoisotopic (exact) mass is 280 g/mol. The van der Waals surface area contributed by atoms with Crippen molar-refractivity contribution in [3.8, 4) is 5.75 Å². The summed E-state index contributed by atoms with van der Waals surface area (Å²) in [5.74, 6) is 0.879. The van der Waals surface area contributed by atoms with E-state index >= 15 is 0 Å². The van der Waals surface area contributed by atoms with Crippen LogP contribution in [-0.2, 0) is 6.73 Å². The van der Waals surface area contributed by atoms with Crippen molar-refractivity contribution in [2.24, 2.45) is 0 Å². The van der Waals surface area contributed by atoms with E-state index in [1.807, 2.05) is 18.3 Å². The van der Waals surface area contributed by atoms with Crippen LogP contribution in [0, 0.1) is 13.8 Å². The van der Waals surface area contributed by atoms with Crippen molar-refractivity contribution in [2.45, 2.75) is 20.6 Å². The van der Waals surface area contributed by atoms with Gasteiger partial charge in [0, 0.05) is 6.20 Å². The largest absolute Gasteiger partial charge is 0.471 e. The molecule has 0 radical (unpaired) electrons. The van der Waals surface area contributed by atoms with Crippen molar-refractivity contribution in [1.29, 1.82) is 0 Å². The number of benzene rings is 1. The molecule has 2 rings (SSSR count). The van der Waals surface area contributed by atoms with E-state index in [1.54, 1.807) is 10.9 Å². The average molecular weight is 281 g/mol. The first kappa shape index (κ1) is 11.2. The molecule has 0 saturated heterocycles. The first-order chi connectivity index (χ1) is 7.63. The Balaban J connectivity index is 2.04. The Morgan fingerprint density at radius 3 is 2.50 bits per heavy atom. The predicted molar refractivity (Wildman–Crippen MR) is 66.5 cm³/mol. The smallest absolute Gasteiger partial charge is 0.180 e. The Labute approximate surface area is 103 Å². The summed E-state index contributed by atoms with van der Waals surface area (Å²) in [7, 11) is 0. The van der Waals surface area contributed by atoms with Gasteiger partial charge in [0.05, 0.1) is 10.7 Å². The SMILES string of the molecule is Cc1cc(C)cc(OCn2cc(Br)cn2)c1. The summed E-state index contributed by atoms with van der Waals surface area (Å²) in [5, 5.41) is 4.12. The van der Waals surface area contributed by atoms with Gasteiger partial charge in [-0.15, -0.1) is 0 Å². The van der Waals surface area contributed by atoms with Crippen LogP contribution in [0.5, 0.6) is 5.75 Å². The lowest BCUT2D eigenvalue weighted by molar-refractivity contribution is 0.221. The van der Waals surface area contributed by atoms with Crippen LogP contribution in [0.2, 0.25) is 0 Å². The van der Waals surface area contributed by atoms with Crippen LogP contribution in [0.4, 0.5) is 0 Å². The lowest BCUT2D eigenvalue weighted by Gasteiger charge is -2.07. The molecule has 4 heteroatoms. The van der Waals surface area contributed by atoms with E-state index in [1.165, 1.54) is 11.1 Å². The summed E-state index contributed by atoms with van der Waals surface area (Å²) < 4.78 is 8.34. The molecular weight excluding hydrogens is 268 g/mol. The fourth-order valence-electron chi connectivity index (χ4n) is 1.57. The first-order valence-electron chi connectivity index (χ1n) is 5.02. The summed E-state index contributed by atoms with van der Waals surface area (Å²) >= 11 is 3.34. The maximum absolute atomic E-state index is 5.65. The van der Waals surface area contributed by atoms with Gasteiger partial charge < -0.3 is 4.74 Å². The Hall–Kier alpha value is -1.29. The molecule has 0 atom stereocenters. The summed E-state index contributed by atoms with van der Waals surface area (Å²) in [4.78, 5) is 0. The van der Waals surface area contributed by atoms with E-state index in [0.717, 1.165) is 10.2 Å². The Morgan fingerprint density at radius 1 is 1.25 bits per heavy atom. The van der Waals surface area contributed by atoms with E-state index in [9.17, 15) is 0 Å². The van der Waals surface area contributed by atoms with Crippen LogP contribution in [0.1, 0.15) is 11.1 Å². The highest BCUT2D eigenvalue weighted by Crippen LogP contribution is 2.16. The maximum Gasteiger partial charge on any atom is 0.180 e. The van der Waals surface area contributed by atoms with Crippen LogP contribution < -0.4 is 4.74 Å². The minimum atomic E-state index is 0.425. The number of aromatic nitrogens is 2. The second kappa shape index (κ2) is 4.70. The zero-order chi connectivity index (χ0) is 11.5. The van der Waals surface area contributed by atoms with Crippen molar-refractivity contribution < 1.29 is 4.74 Å². The molecule has 0 aliphatic carbocycles. The molecule has 0 aliphatic rings. The molecule has 0 amide bonds. The van der Waals surface area contributed by atoms with Crippen molar-refractivity contribution in [2.75, 3.05) is 0 Å². The molecule has 1 heterocycles. The van der Waals surface area contributed by atoms with Gasteiger partial charge in [0.15, 0.2) is 6.73 Å². The van der Waals surface area contributed by atoms with E-state index in [0.29, 0.717) is 6.73 Å². The second-order valence-corrected chi connectivity index (χ2v) is 4.71. The fraction of sp³-hybridized carbons (Fsp3) is 0.250. The highest BCUT2D eigenvalue weighted by atomic mass is 79.9. The van der Waals surface area contributed by atoms with Gasteiger partial charge in [-0.1, -0.05) is 6.07 Å². The van der Waals surface area contributed by atoms with Crippen molar-refractivity contribution >= 4 is 15.9 Å². The third kappa shape index (κ3) is 2.85. The van der Waals surface area contributed by atoms with Crippen LogP contribution in [0.15, 0.2) is 35.1 Å². The molecule has 0 bridgehead atoms. The Bertz CT molecular complexity index is 473. The Morgan fingerprint density at radius 2 is 1.94 bits per heavy atom. The van der Waals surface area contributed by atoms with Gasteiger partial charge >= 0.3 is 0 Å². The molecular formula is C12H13BrN2O. The topological polar surface area (TPSA) is 27.1 Å². The molecule has 1 aromatic carbocycles. The van der Waals surface area contributed by atoms with Crippen LogP contribution >= 0.6 is 15.9 Å². The van der Waals surface area contributed by atoms with Crippen molar-refractivity contribution in [1.82, 2.24) is 9.78 Å². The molecule has 84 valence electrons. The van der Waals surface area contributed by atoms with E-state index in [4.69, 9.17) is 4.74 Å². The summed E-state index contributed by atoms with van der Waals surface area (Å²) in [6.07, 6.45) is 3.62. The van der Waals surface area contributed by atoms with Crippen LogP contribution in [0.3, 0.4) is 0 Å². The standard InChI is InChI=1S/C12H13BrN2O/c1-9-3-10(2)5-12(4-9)16-8-15-7-11(13)6-14-15/h3-7H,8H2,1-2H3. The van der Waals surface area contributed by atoms with Gasteiger partial charge in [-0.2, -0.15) is 5.10 Å². The third-order valence-electron chi connectivity index (χ3n) is 2.16. The van der Waals surface area contributed by atoms with Crippen molar-refractivity contribution in [3.05, 3.63) is 46.2 Å². The number of rotatable bonds is 3. The number of nitrogens with zero attached hydrogens (tertiary/aromatic N) is 2. The molecule has 0 spiro atoms. The molecule has 0 N–H and O–H groups in total. The highest BCUT2D eigenvalue weighted by molar-refractivity contribution is 9.10. The predicted octanol–water partition coefficient (Wildman–Crippen LogP) is 3.30. The minimum absolute atomic E-state index is 0.425. The fourth-order valence-corrected chi connectivity index (χ4v) is 1.89. The van der Waals surface area contributed by atoms with Crippen LogP contribution in [-0.4, -0.2) is 9.78 Å². The minimum Gasteiger partial charge on any atom is -0.471 e. The number of ether oxygens (including phenoxy) is 1. The van der Waals surface area contributed by atoms with E-state index in [-0.39, 0.29) is 0 Å². The summed E-state index contributed by atoms with van der Waals surface area (Å²) in [6, 6.07) is 6.16. The number of hydrogen-bond donors (Lipinski definition) is 0. The number of hydrogen-bond acceptors (Lipinski definition) is 2. The molecule has 0 saturated carbocycles. The van der Waals surface area contributed by atoms with Crippen LogP contribution in [0.25, 0.3) is 0 Å². The maximum atomic E-state index is 5.65. The number of halogens is 1. The molecule has 0 fully saturated rings. The third-order valence-corrected chi connectivity index (χ3v) is 2.57. The molecule has 16 heavy (non-hydrogen) atoms. The van der Waals surface area contributed by atoms with Gasteiger partial charge in [0.25, 0.3) is 0 Å². The second-order valence-electron chi connectivity index (χ2n) is 3.79. The van der Waals surface area contributed by atoms with Crippen molar-refractivity contribution in [3.63, 3.8) is 0 Å². The van der Waals surface area contributed by atoms with E-state index in [2.05, 4.69) is 40.9 Å². The van der Waals surface area contributed by atoms with Gasteiger partial charge in [-0.05, 0) is 53.0 Å². The lowest BCUT2D eigenvalue weighted by atomic mass is 10.1. The lowest BCUT2D eigenvalue weighted by Crippen LogP contribution is -2.05. The average Bonchev–Trinajstić information content (AvgIpc) is 2.60.